The van der Waals surface area contributed by atoms with Gasteiger partial charge in [-0.25, -0.2) is 0 Å². The maximum atomic E-state index is 5.90. The highest BCUT2D eigenvalue weighted by Crippen LogP contribution is 2.48. The normalized spacial score (nSPS) is 27.5. The van der Waals surface area contributed by atoms with Gasteiger partial charge in [-0.3, -0.25) is 0 Å². The third-order valence-electron chi connectivity index (χ3n) is 5.35. The lowest BCUT2D eigenvalue weighted by Crippen LogP contribution is -2.31. The molecule has 2 saturated carbocycles. The Morgan fingerprint density at radius 2 is 2.10 bits per heavy atom. The van der Waals surface area contributed by atoms with Gasteiger partial charge >= 0.3 is 0 Å². The van der Waals surface area contributed by atoms with E-state index in [1.165, 1.54) is 32.2 Å². The second kappa shape index (κ2) is 6.80. The topological polar surface area (TPSA) is 38.5 Å². The number of nitrogens with two attached hydrogens (primary N) is 1. The highest BCUT2D eigenvalue weighted by atomic mass is 16.5. The average molecular weight is 288 g/mol. The SMILES string of the molecule is CN(CCOc1ccccc1CN)CC1CC2CCC1C2. The number of nitrogens with zero attached hydrogens (tertiary/aromatic N) is 1. The molecule has 2 fully saturated rings. The molecule has 0 radical (unpaired) electrons. The maximum Gasteiger partial charge on any atom is 0.123 e. The predicted octanol–water partition coefficient (Wildman–Crippen LogP) is 2.89. The molecule has 116 valence electrons. The van der Waals surface area contributed by atoms with Crippen LogP contribution >= 0.6 is 0 Å². The van der Waals surface area contributed by atoms with Crippen molar-refractivity contribution in [3.63, 3.8) is 0 Å². The van der Waals surface area contributed by atoms with Crippen LogP contribution in [0.5, 0.6) is 5.75 Å². The van der Waals surface area contributed by atoms with Crippen molar-refractivity contribution in [1.29, 1.82) is 0 Å². The van der Waals surface area contributed by atoms with Gasteiger partial charge in [0.1, 0.15) is 12.4 Å². The predicted molar refractivity (Wildman–Crippen MR) is 86.3 cm³/mol. The Kier molecular flexibility index (Phi) is 4.81. The molecule has 21 heavy (non-hydrogen) atoms. The summed E-state index contributed by atoms with van der Waals surface area (Å²) in [5.74, 6) is 3.93. The average Bonchev–Trinajstić information content (AvgIpc) is 3.10. The van der Waals surface area contributed by atoms with Crippen molar-refractivity contribution in [2.45, 2.75) is 32.2 Å². The van der Waals surface area contributed by atoms with Crippen molar-refractivity contribution in [3.05, 3.63) is 29.8 Å². The molecule has 1 aromatic carbocycles. The number of hydrogen-bond donors (Lipinski definition) is 1. The van der Waals surface area contributed by atoms with Crippen molar-refractivity contribution >= 4 is 0 Å². The number of para-hydroxylation sites is 1. The first-order valence-corrected chi connectivity index (χ1v) is 8.35. The lowest BCUT2D eigenvalue weighted by Gasteiger charge is -2.27. The Morgan fingerprint density at radius 3 is 2.81 bits per heavy atom. The van der Waals surface area contributed by atoms with Gasteiger partial charge in [-0.05, 0) is 50.1 Å². The van der Waals surface area contributed by atoms with E-state index in [9.17, 15) is 0 Å². The number of ether oxygens (including phenoxy) is 1. The number of likely N-dealkylation sites (N-methyl/N-ethyl adjacent to an activating group) is 1. The Balaban J connectivity index is 1.41. The summed E-state index contributed by atoms with van der Waals surface area (Å²) in [7, 11) is 2.23. The van der Waals surface area contributed by atoms with Crippen LogP contribution in [0.15, 0.2) is 24.3 Å². The number of hydrogen-bond acceptors (Lipinski definition) is 3. The highest BCUT2D eigenvalue weighted by molar-refractivity contribution is 5.32. The third kappa shape index (κ3) is 3.58. The summed E-state index contributed by atoms with van der Waals surface area (Å²) in [6.45, 7) is 3.52. The molecule has 0 aliphatic heterocycles. The van der Waals surface area contributed by atoms with Crippen molar-refractivity contribution in [3.8, 4) is 5.75 Å². The Morgan fingerprint density at radius 1 is 1.24 bits per heavy atom. The molecule has 3 unspecified atom stereocenters. The summed E-state index contributed by atoms with van der Waals surface area (Å²) < 4.78 is 5.90. The Bertz CT molecular complexity index is 462. The molecule has 0 heterocycles. The van der Waals surface area contributed by atoms with Gasteiger partial charge in [0, 0.05) is 25.2 Å². The first-order chi connectivity index (χ1) is 10.3. The molecule has 2 aliphatic rings. The molecule has 2 bridgehead atoms. The van der Waals surface area contributed by atoms with E-state index in [4.69, 9.17) is 10.5 Å². The van der Waals surface area contributed by atoms with Crippen LogP contribution in [0.25, 0.3) is 0 Å². The van der Waals surface area contributed by atoms with Gasteiger partial charge in [0.25, 0.3) is 0 Å². The quantitative estimate of drug-likeness (QED) is 0.838. The van der Waals surface area contributed by atoms with Crippen molar-refractivity contribution in [1.82, 2.24) is 4.90 Å². The summed E-state index contributed by atoms with van der Waals surface area (Å²) in [6, 6.07) is 8.07. The largest absolute Gasteiger partial charge is 0.492 e. The van der Waals surface area contributed by atoms with E-state index < -0.39 is 0 Å². The zero-order valence-electron chi connectivity index (χ0n) is 13.1. The van der Waals surface area contributed by atoms with E-state index in [-0.39, 0.29) is 0 Å². The monoisotopic (exact) mass is 288 g/mol. The molecule has 0 spiro atoms. The van der Waals surface area contributed by atoms with Gasteiger partial charge < -0.3 is 15.4 Å². The standard InChI is InChI=1S/C18H28N2O/c1-20(13-17-11-14-6-7-15(17)10-14)8-9-21-18-5-3-2-4-16(18)12-19/h2-5,14-15,17H,6-13,19H2,1H3. The molecule has 0 saturated heterocycles. The molecule has 3 rings (SSSR count). The summed E-state index contributed by atoms with van der Waals surface area (Å²) in [5, 5.41) is 0. The molecule has 0 amide bonds. The summed E-state index contributed by atoms with van der Waals surface area (Å²) in [6.07, 6.45) is 5.93. The van der Waals surface area contributed by atoms with Crippen LogP contribution in [0.2, 0.25) is 0 Å². The van der Waals surface area contributed by atoms with Crippen LogP contribution in [0, 0.1) is 17.8 Å². The van der Waals surface area contributed by atoms with Crippen LogP contribution in [0.3, 0.4) is 0 Å². The van der Waals surface area contributed by atoms with Gasteiger partial charge in [0.15, 0.2) is 0 Å². The lowest BCUT2D eigenvalue weighted by atomic mass is 9.88. The Hall–Kier alpha value is -1.06. The minimum Gasteiger partial charge on any atom is -0.492 e. The smallest absolute Gasteiger partial charge is 0.123 e. The fourth-order valence-corrected chi connectivity index (χ4v) is 4.22. The minimum absolute atomic E-state index is 0.539. The highest BCUT2D eigenvalue weighted by Gasteiger charge is 2.39. The van der Waals surface area contributed by atoms with Crippen LogP contribution in [0.4, 0.5) is 0 Å². The molecule has 3 atom stereocenters. The van der Waals surface area contributed by atoms with E-state index >= 15 is 0 Å². The van der Waals surface area contributed by atoms with Crippen LogP contribution in [-0.2, 0) is 6.54 Å². The van der Waals surface area contributed by atoms with Gasteiger partial charge in [0.2, 0.25) is 0 Å². The number of fused-ring (bicyclic) bond motifs is 2. The molecular weight excluding hydrogens is 260 g/mol. The van der Waals surface area contributed by atoms with Gasteiger partial charge in [-0.1, -0.05) is 24.6 Å². The van der Waals surface area contributed by atoms with E-state index in [1.807, 2.05) is 24.3 Å². The van der Waals surface area contributed by atoms with Crippen LogP contribution in [0.1, 0.15) is 31.2 Å². The Labute approximate surface area is 128 Å². The summed E-state index contributed by atoms with van der Waals surface area (Å²) in [5.41, 5.74) is 6.83. The number of rotatable bonds is 7. The summed E-state index contributed by atoms with van der Waals surface area (Å²) >= 11 is 0. The third-order valence-corrected chi connectivity index (χ3v) is 5.35. The van der Waals surface area contributed by atoms with Gasteiger partial charge in [-0.2, -0.15) is 0 Å². The molecule has 1 aromatic rings. The lowest BCUT2D eigenvalue weighted by molar-refractivity contribution is 0.187. The minimum atomic E-state index is 0.539. The fourth-order valence-electron chi connectivity index (χ4n) is 4.22. The van der Waals surface area contributed by atoms with E-state index in [1.54, 1.807) is 0 Å². The van der Waals surface area contributed by atoms with E-state index in [2.05, 4.69) is 11.9 Å². The van der Waals surface area contributed by atoms with Crippen LogP contribution < -0.4 is 10.5 Å². The zero-order chi connectivity index (χ0) is 14.7. The van der Waals surface area contributed by atoms with Crippen LogP contribution in [-0.4, -0.2) is 31.6 Å². The molecular formula is C18H28N2O. The fraction of sp³-hybridized carbons (Fsp3) is 0.667. The zero-order valence-corrected chi connectivity index (χ0v) is 13.1. The van der Waals surface area contributed by atoms with E-state index in [0.29, 0.717) is 6.54 Å². The van der Waals surface area contributed by atoms with Gasteiger partial charge in [-0.15, -0.1) is 0 Å². The first kappa shape index (κ1) is 14.9. The summed E-state index contributed by atoms with van der Waals surface area (Å²) in [4.78, 5) is 2.44. The second-order valence-corrected chi connectivity index (χ2v) is 6.86. The van der Waals surface area contributed by atoms with Crippen molar-refractivity contribution in [2.75, 3.05) is 26.7 Å². The number of benzene rings is 1. The molecule has 3 heteroatoms. The maximum absolute atomic E-state index is 5.90. The first-order valence-electron chi connectivity index (χ1n) is 8.35. The molecule has 2 N–H and O–H groups in total. The second-order valence-electron chi connectivity index (χ2n) is 6.86. The molecule has 2 aliphatic carbocycles. The molecule has 0 aromatic heterocycles. The molecule has 3 nitrogen and oxygen atoms in total. The van der Waals surface area contributed by atoms with Crippen molar-refractivity contribution < 1.29 is 4.74 Å². The van der Waals surface area contributed by atoms with Crippen molar-refractivity contribution in [2.24, 2.45) is 23.5 Å². The van der Waals surface area contributed by atoms with Gasteiger partial charge in [0.05, 0.1) is 0 Å². The van der Waals surface area contributed by atoms with E-state index in [0.717, 1.165) is 42.2 Å².